The van der Waals surface area contributed by atoms with Gasteiger partial charge in [0, 0.05) is 7.05 Å². The highest BCUT2D eigenvalue weighted by Gasteiger charge is 2.07. The minimum atomic E-state index is -0.0835. The lowest BCUT2D eigenvalue weighted by Crippen LogP contribution is -2.15. The van der Waals surface area contributed by atoms with E-state index >= 15 is 0 Å². The van der Waals surface area contributed by atoms with Crippen LogP contribution in [0.2, 0.25) is 0 Å². The average molecular weight is 230 g/mol. The fraction of sp³-hybridized carbons (Fsp3) is 0.250. The second-order valence-electron chi connectivity index (χ2n) is 3.93. The number of hydrogen-bond donors (Lipinski definition) is 1. The van der Waals surface area contributed by atoms with Crippen LogP contribution >= 0.6 is 0 Å². The molecule has 0 saturated heterocycles. The van der Waals surface area contributed by atoms with E-state index in [1.54, 1.807) is 17.9 Å². The van der Waals surface area contributed by atoms with E-state index in [1.807, 2.05) is 31.2 Å². The van der Waals surface area contributed by atoms with E-state index < -0.39 is 0 Å². The summed E-state index contributed by atoms with van der Waals surface area (Å²) in [5, 5.41) is 10.3. The molecule has 5 heteroatoms. The molecule has 5 nitrogen and oxygen atoms in total. The molecule has 0 aliphatic carbocycles. The van der Waals surface area contributed by atoms with E-state index in [9.17, 15) is 4.79 Å². The van der Waals surface area contributed by atoms with Crippen LogP contribution in [0.3, 0.4) is 0 Å². The zero-order valence-electron chi connectivity index (χ0n) is 9.84. The summed E-state index contributed by atoms with van der Waals surface area (Å²) in [6, 6.07) is 7.83. The van der Waals surface area contributed by atoms with E-state index in [2.05, 4.69) is 15.6 Å². The van der Waals surface area contributed by atoms with Crippen molar-refractivity contribution in [3.63, 3.8) is 0 Å². The van der Waals surface area contributed by atoms with Crippen molar-refractivity contribution < 1.29 is 4.79 Å². The van der Waals surface area contributed by atoms with Gasteiger partial charge in [-0.2, -0.15) is 0 Å². The Kier molecular flexibility index (Phi) is 3.18. The molecule has 0 fully saturated rings. The zero-order valence-corrected chi connectivity index (χ0v) is 9.84. The van der Waals surface area contributed by atoms with E-state index in [1.165, 1.54) is 0 Å². The van der Waals surface area contributed by atoms with Crippen molar-refractivity contribution in [2.75, 3.05) is 5.32 Å². The van der Waals surface area contributed by atoms with Gasteiger partial charge in [0.25, 0.3) is 0 Å². The lowest BCUT2D eigenvalue weighted by molar-refractivity contribution is -0.115. The van der Waals surface area contributed by atoms with Crippen LogP contribution in [0.4, 0.5) is 5.82 Å². The van der Waals surface area contributed by atoms with Crippen molar-refractivity contribution in [1.29, 1.82) is 0 Å². The Morgan fingerprint density at radius 2 is 2.18 bits per heavy atom. The van der Waals surface area contributed by atoms with Gasteiger partial charge in [0.2, 0.25) is 5.91 Å². The zero-order chi connectivity index (χ0) is 12.3. The van der Waals surface area contributed by atoms with Crippen LogP contribution in [-0.2, 0) is 18.3 Å². The first-order valence-corrected chi connectivity index (χ1v) is 5.36. The van der Waals surface area contributed by atoms with Crippen molar-refractivity contribution in [3.8, 4) is 0 Å². The molecule has 1 aromatic carbocycles. The van der Waals surface area contributed by atoms with Gasteiger partial charge >= 0.3 is 0 Å². The van der Waals surface area contributed by atoms with Gasteiger partial charge < -0.3 is 5.32 Å². The fourth-order valence-electron chi connectivity index (χ4n) is 1.57. The number of carbonyl (C=O) groups excluding carboxylic acids is 1. The minimum Gasteiger partial charge on any atom is -0.308 e. The predicted octanol–water partition coefficient (Wildman–Crippen LogP) is 1.30. The number of hydrogen-bond acceptors (Lipinski definition) is 3. The van der Waals surface area contributed by atoms with Crippen molar-refractivity contribution in [2.45, 2.75) is 13.3 Å². The molecule has 0 aliphatic rings. The third kappa shape index (κ3) is 2.90. The number of anilines is 1. The van der Waals surface area contributed by atoms with Crippen LogP contribution in [0.25, 0.3) is 0 Å². The Bertz CT molecular complexity index is 533. The summed E-state index contributed by atoms with van der Waals surface area (Å²) in [6.45, 7) is 1.99. The van der Waals surface area contributed by atoms with Crippen molar-refractivity contribution in [2.24, 2.45) is 7.05 Å². The van der Waals surface area contributed by atoms with Crippen LogP contribution in [0.5, 0.6) is 0 Å². The normalized spacial score (nSPS) is 10.2. The molecule has 88 valence electrons. The standard InChI is InChI=1S/C12H14N4O/c1-9-5-3-4-6-10(9)7-12(17)13-11-8-16(2)15-14-11/h3-6,8H,7H2,1-2H3,(H,13,17). The SMILES string of the molecule is Cc1ccccc1CC(=O)Nc1cn(C)nn1. The maximum absolute atomic E-state index is 11.8. The smallest absolute Gasteiger partial charge is 0.230 e. The topological polar surface area (TPSA) is 59.8 Å². The Balaban J connectivity index is 2.01. The predicted molar refractivity (Wildman–Crippen MR) is 64.5 cm³/mol. The molecule has 0 atom stereocenters. The molecule has 0 spiro atoms. The molecule has 0 unspecified atom stereocenters. The van der Waals surface area contributed by atoms with Gasteiger partial charge in [-0.3, -0.25) is 9.48 Å². The largest absolute Gasteiger partial charge is 0.308 e. The van der Waals surface area contributed by atoms with E-state index in [0.29, 0.717) is 12.2 Å². The highest BCUT2D eigenvalue weighted by atomic mass is 16.1. The Morgan fingerprint density at radius 3 is 2.82 bits per heavy atom. The third-order valence-corrected chi connectivity index (χ3v) is 2.48. The second-order valence-corrected chi connectivity index (χ2v) is 3.93. The molecule has 0 aliphatic heterocycles. The summed E-state index contributed by atoms with van der Waals surface area (Å²) in [6.07, 6.45) is 2.01. The number of amides is 1. The van der Waals surface area contributed by atoms with Crippen LogP contribution in [0.1, 0.15) is 11.1 Å². The van der Waals surface area contributed by atoms with Crippen LogP contribution < -0.4 is 5.32 Å². The van der Waals surface area contributed by atoms with Crippen LogP contribution in [-0.4, -0.2) is 20.9 Å². The van der Waals surface area contributed by atoms with E-state index in [-0.39, 0.29) is 5.91 Å². The van der Waals surface area contributed by atoms with Gasteiger partial charge in [-0.05, 0) is 18.1 Å². The average Bonchev–Trinajstić information content (AvgIpc) is 2.67. The van der Waals surface area contributed by atoms with Gasteiger partial charge in [-0.25, -0.2) is 0 Å². The highest BCUT2D eigenvalue weighted by molar-refractivity contribution is 5.91. The monoisotopic (exact) mass is 230 g/mol. The maximum atomic E-state index is 11.8. The summed E-state index contributed by atoms with van der Waals surface area (Å²) in [5.41, 5.74) is 2.13. The number of nitrogens with zero attached hydrogens (tertiary/aromatic N) is 3. The Hall–Kier alpha value is -2.17. The molecule has 0 radical (unpaired) electrons. The van der Waals surface area contributed by atoms with Crippen LogP contribution in [0.15, 0.2) is 30.5 Å². The maximum Gasteiger partial charge on any atom is 0.230 e. The molecule has 17 heavy (non-hydrogen) atoms. The Labute approximate surface area is 99.5 Å². The molecule has 1 N–H and O–H groups in total. The summed E-state index contributed by atoms with van der Waals surface area (Å²) in [4.78, 5) is 11.8. The van der Waals surface area contributed by atoms with Crippen LogP contribution in [0, 0.1) is 6.92 Å². The van der Waals surface area contributed by atoms with Gasteiger partial charge in [0.1, 0.15) is 0 Å². The number of nitrogens with one attached hydrogen (secondary N) is 1. The molecule has 1 amide bonds. The third-order valence-electron chi connectivity index (χ3n) is 2.48. The highest BCUT2D eigenvalue weighted by Crippen LogP contribution is 2.09. The van der Waals surface area contributed by atoms with Crippen molar-refractivity contribution in [1.82, 2.24) is 15.0 Å². The molecule has 0 bridgehead atoms. The molecule has 1 heterocycles. The first-order valence-electron chi connectivity index (χ1n) is 5.36. The molecule has 2 aromatic rings. The molecule has 0 saturated carbocycles. The number of aromatic nitrogens is 3. The van der Waals surface area contributed by atoms with Crippen molar-refractivity contribution >= 4 is 11.7 Å². The van der Waals surface area contributed by atoms with Gasteiger partial charge in [-0.1, -0.05) is 29.5 Å². The summed E-state index contributed by atoms with van der Waals surface area (Å²) < 4.78 is 1.55. The summed E-state index contributed by atoms with van der Waals surface area (Å²) >= 11 is 0. The van der Waals surface area contributed by atoms with Gasteiger partial charge in [0.15, 0.2) is 5.82 Å². The number of benzene rings is 1. The number of aryl methyl sites for hydroxylation is 2. The Morgan fingerprint density at radius 1 is 1.41 bits per heavy atom. The molecule has 1 aromatic heterocycles. The number of carbonyl (C=O) groups is 1. The molecular formula is C12H14N4O. The van der Waals surface area contributed by atoms with E-state index in [4.69, 9.17) is 0 Å². The first kappa shape index (κ1) is 11.3. The number of rotatable bonds is 3. The first-order chi connectivity index (χ1) is 8.15. The quantitative estimate of drug-likeness (QED) is 0.864. The lowest BCUT2D eigenvalue weighted by Gasteiger charge is -2.04. The summed E-state index contributed by atoms with van der Waals surface area (Å²) in [5.74, 6) is 0.394. The fourth-order valence-corrected chi connectivity index (χ4v) is 1.57. The molecular weight excluding hydrogens is 216 g/mol. The van der Waals surface area contributed by atoms with Gasteiger partial charge in [0.05, 0.1) is 12.6 Å². The molecule has 2 rings (SSSR count). The van der Waals surface area contributed by atoms with Crippen molar-refractivity contribution in [3.05, 3.63) is 41.6 Å². The second kappa shape index (κ2) is 4.78. The van der Waals surface area contributed by atoms with Gasteiger partial charge in [-0.15, -0.1) is 5.10 Å². The van der Waals surface area contributed by atoms with E-state index in [0.717, 1.165) is 11.1 Å². The summed E-state index contributed by atoms with van der Waals surface area (Å²) in [7, 11) is 1.75. The lowest BCUT2D eigenvalue weighted by atomic mass is 10.1. The minimum absolute atomic E-state index is 0.0835.